The van der Waals surface area contributed by atoms with Gasteiger partial charge in [-0.2, -0.15) is 0 Å². The Kier molecular flexibility index (Phi) is 6.41. The summed E-state index contributed by atoms with van der Waals surface area (Å²) in [5, 5.41) is 7.30. The number of benzene rings is 8. The van der Waals surface area contributed by atoms with Gasteiger partial charge in [-0.15, -0.1) is 22.7 Å². The Balaban J connectivity index is 0.822. The first kappa shape index (κ1) is 30.0. The van der Waals surface area contributed by atoms with Crippen LogP contribution < -0.4 is 0 Å². The first-order chi connectivity index (χ1) is 26.7. The third-order valence-electron chi connectivity index (χ3n) is 10.9. The van der Waals surface area contributed by atoms with E-state index in [2.05, 4.69) is 146 Å². The molecule has 0 atom stereocenters. The molecule has 0 saturated heterocycles. The van der Waals surface area contributed by atoms with Crippen molar-refractivity contribution in [3.8, 4) is 44.5 Å². The van der Waals surface area contributed by atoms with E-state index in [-0.39, 0.29) is 0 Å². The summed E-state index contributed by atoms with van der Waals surface area (Å²) in [6.45, 7) is 0. The highest BCUT2D eigenvalue weighted by Crippen LogP contribution is 2.46. The smallest absolute Gasteiger partial charge is 0.136 e. The molecule has 8 aromatic carbocycles. The number of hydrogen-bond acceptors (Lipinski definition) is 4. The Labute approximate surface area is 317 Å². The lowest BCUT2D eigenvalue weighted by Crippen LogP contribution is -1.81. The quantitative estimate of drug-likeness (QED) is 0.181. The van der Waals surface area contributed by atoms with Crippen molar-refractivity contribution in [2.75, 3.05) is 0 Å². The van der Waals surface area contributed by atoms with Crippen LogP contribution in [0.4, 0.5) is 0 Å². The number of rotatable bonds is 4. The minimum absolute atomic E-state index is 0.924. The van der Waals surface area contributed by atoms with Crippen LogP contribution in [-0.4, -0.2) is 0 Å². The lowest BCUT2D eigenvalue weighted by atomic mass is 9.99. The van der Waals surface area contributed by atoms with Crippen molar-refractivity contribution >= 4 is 96.1 Å². The molecule has 0 aliphatic carbocycles. The van der Waals surface area contributed by atoms with Gasteiger partial charge in [0.25, 0.3) is 0 Å². The molecule has 4 heterocycles. The van der Waals surface area contributed by atoms with E-state index in [0.29, 0.717) is 0 Å². The van der Waals surface area contributed by atoms with Gasteiger partial charge in [-0.05, 0) is 93.0 Å². The van der Waals surface area contributed by atoms with Crippen molar-refractivity contribution < 1.29 is 8.83 Å². The summed E-state index contributed by atoms with van der Waals surface area (Å²) in [7, 11) is 0. The maximum Gasteiger partial charge on any atom is 0.136 e. The van der Waals surface area contributed by atoms with Gasteiger partial charge in [0.15, 0.2) is 0 Å². The van der Waals surface area contributed by atoms with E-state index in [0.717, 1.165) is 55.0 Å². The molecule has 0 radical (unpaired) electrons. The second-order valence-corrected chi connectivity index (χ2v) is 16.2. The lowest BCUT2D eigenvalue weighted by Gasteiger charge is -2.06. The SMILES string of the molecule is c1ccc2c(c1)oc1cc(-c3ccc(-c4ccc5c(c4)sc4c6ccc(-c7ccc(-c8ccc9c(c8)oc8ccccc89)cc7)cc6sc54)cc3)ccc12. The first-order valence-corrected chi connectivity index (χ1v) is 19.8. The molecule has 0 amide bonds. The minimum atomic E-state index is 0.924. The molecular formula is C50H28O2S2. The van der Waals surface area contributed by atoms with Gasteiger partial charge in [0.2, 0.25) is 0 Å². The topological polar surface area (TPSA) is 26.3 Å². The average molecular weight is 725 g/mol. The van der Waals surface area contributed by atoms with Crippen molar-refractivity contribution in [1.29, 1.82) is 0 Å². The molecule has 4 heteroatoms. The Morgan fingerprint density at radius 2 is 0.574 bits per heavy atom. The van der Waals surface area contributed by atoms with E-state index in [1.165, 1.54) is 63.0 Å². The van der Waals surface area contributed by atoms with Gasteiger partial charge in [0.1, 0.15) is 22.3 Å². The highest BCUT2D eigenvalue weighted by molar-refractivity contribution is 7.36. The van der Waals surface area contributed by atoms with E-state index < -0.39 is 0 Å². The molecule has 0 aliphatic heterocycles. The zero-order chi connectivity index (χ0) is 35.3. The second kappa shape index (κ2) is 11.5. The van der Waals surface area contributed by atoms with Gasteiger partial charge in [-0.25, -0.2) is 0 Å². The predicted octanol–water partition coefficient (Wildman–Crippen LogP) is 15.7. The molecule has 0 spiro atoms. The molecule has 54 heavy (non-hydrogen) atoms. The van der Waals surface area contributed by atoms with Crippen LogP contribution in [-0.2, 0) is 0 Å². The fourth-order valence-corrected chi connectivity index (χ4v) is 10.9. The fraction of sp³-hybridized carbons (Fsp3) is 0. The summed E-state index contributed by atoms with van der Waals surface area (Å²) in [5.74, 6) is 0. The Morgan fingerprint density at radius 3 is 0.981 bits per heavy atom. The molecule has 2 nitrogen and oxygen atoms in total. The van der Waals surface area contributed by atoms with Crippen molar-refractivity contribution in [3.05, 3.63) is 170 Å². The number of furan rings is 2. The third-order valence-corrected chi connectivity index (χ3v) is 13.4. The number of hydrogen-bond donors (Lipinski definition) is 0. The molecule has 0 aliphatic rings. The minimum Gasteiger partial charge on any atom is -0.456 e. The summed E-state index contributed by atoms with van der Waals surface area (Å²) in [5.41, 5.74) is 13.3. The van der Waals surface area contributed by atoms with Gasteiger partial charge >= 0.3 is 0 Å². The van der Waals surface area contributed by atoms with Crippen LogP contribution in [0.15, 0.2) is 179 Å². The van der Waals surface area contributed by atoms with Gasteiger partial charge in [0, 0.05) is 41.7 Å². The van der Waals surface area contributed by atoms with E-state index >= 15 is 0 Å². The first-order valence-electron chi connectivity index (χ1n) is 18.1. The van der Waals surface area contributed by atoms with Gasteiger partial charge in [0.05, 0.1) is 9.40 Å². The van der Waals surface area contributed by atoms with Crippen LogP contribution in [0.2, 0.25) is 0 Å². The summed E-state index contributed by atoms with van der Waals surface area (Å²) in [4.78, 5) is 0. The zero-order valence-corrected chi connectivity index (χ0v) is 30.4. The lowest BCUT2D eigenvalue weighted by molar-refractivity contribution is 0.668. The molecule has 0 unspecified atom stereocenters. The van der Waals surface area contributed by atoms with E-state index in [1.807, 2.05) is 46.9 Å². The molecule has 0 bridgehead atoms. The molecule has 252 valence electrons. The molecule has 4 aromatic heterocycles. The normalized spacial score (nSPS) is 12.1. The summed E-state index contributed by atoms with van der Waals surface area (Å²) in [6, 6.07) is 61.2. The Hall–Kier alpha value is -6.46. The predicted molar refractivity (Wildman–Crippen MR) is 231 cm³/mol. The average Bonchev–Trinajstić information content (AvgIpc) is 3.99. The number of thiophene rings is 2. The molecule has 12 aromatic rings. The van der Waals surface area contributed by atoms with Crippen molar-refractivity contribution in [2.24, 2.45) is 0 Å². The highest BCUT2D eigenvalue weighted by Gasteiger charge is 2.15. The van der Waals surface area contributed by atoms with Crippen molar-refractivity contribution in [3.63, 3.8) is 0 Å². The molecule has 0 fully saturated rings. The highest BCUT2D eigenvalue weighted by atomic mass is 32.1. The maximum absolute atomic E-state index is 6.15. The number of para-hydroxylation sites is 2. The van der Waals surface area contributed by atoms with Crippen LogP contribution in [0.3, 0.4) is 0 Å². The van der Waals surface area contributed by atoms with Crippen molar-refractivity contribution in [1.82, 2.24) is 0 Å². The maximum atomic E-state index is 6.15. The second-order valence-electron chi connectivity index (χ2n) is 14.1. The van der Waals surface area contributed by atoms with Gasteiger partial charge in [-0.1, -0.05) is 121 Å². The van der Waals surface area contributed by atoms with Crippen LogP contribution in [0, 0.1) is 0 Å². The zero-order valence-electron chi connectivity index (χ0n) is 28.8. The summed E-state index contributed by atoms with van der Waals surface area (Å²) < 4.78 is 17.7. The number of fused-ring (bicyclic) bond motifs is 11. The largest absolute Gasteiger partial charge is 0.456 e. The molecule has 12 rings (SSSR count). The summed E-state index contributed by atoms with van der Waals surface area (Å²) >= 11 is 3.81. The van der Waals surface area contributed by atoms with Gasteiger partial charge in [-0.3, -0.25) is 0 Å². The van der Waals surface area contributed by atoms with Crippen LogP contribution >= 0.6 is 22.7 Å². The molecular weight excluding hydrogens is 697 g/mol. The van der Waals surface area contributed by atoms with E-state index in [4.69, 9.17) is 8.83 Å². The van der Waals surface area contributed by atoms with E-state index in [9.17, 15) is 0 Å². The third kappa shape index (κ3) is 4.64. The van der Waals surface area contributed by atoms with E-state index in [1.54, 1.807) is 0 Å². The Bertz CT molecular complexity index is 3200. The Morgan fingerprint density at radius 1 is 0.259 bits per heavy atom. The van der Waals surface area contributed by atoms with Gasteiger partial charge < -0.3 is 8.83 Å². The molecule has 0 N–H and O–H groups in total. The monoisotopic (exact) mass is 724 g/mol. The van der Waals surface area contributed by atoms with Crippen molar-refractivity contribution in [2.45, 2.75) is 0 Å². The standard InChI is InChI=1S/C50H28O2S2/c1-3-7-43-37(5-1)39-21-17-33(25-45(39)51-43)29-9-13-31(14-10-29)35-19-23-41-47(27-35)53-50-42-24-20-36(28-48(42)54-49(41)50)32-15-11-30(12-16-32)34-18-22-40-38-6-2-4-8-44(38)52-46(40)26-34/h1-28H. The summed E-state index contributed by atoms with van der Waals surface area (Å²) in [6.07, 6.45) is 0. The van der Waals surface area contributed by atoms with Crippen LogP contribution in [0.5, 0.6) is 0 Å². The molecule has 0 saturated carbocycles. The fourth-order valence-electron chi connectivity index (χ4n) is 8.14. The van der Waals surface area contributed by atoms with Crippen LogP contribution in [0.25, 0.3) is 118 Å². The van der Waals surface area contributed by atoms with Crippen LogP contribution in [0.1, 0.15) is 0 Å².